The average molecular weight is 256 g/mol. The molecule has 2 rings (SSSR count). The van der Waals surface area contributed by atoms with E-state index in [1.165, 1.54) is 0 Å². The van der Waals surface area contributed by atoms with Crippen molar-refractivity contribution in [2.24, 2.45) is 0 Å². The van der Waals surface area contributed by atoms with Crippen molar-refractivity contribution < 1.29 is 14.3 Å². The summed E-state index contributed by atoms with van der Waals surface area (Å²) < 4.78 is 11.0. The Morgan fingerprint density at radius 1 is 1.39 bits per heavy atom. The Morgan fingerprint density at radius 3 is 3.06 bits per heavy atom. The third-order valence-electron chi connectivity index (χ3n) is 3.47. The van der Waals surface area contributed by atoms with Crippen LogP contribution in [-0.2, 0) is 14.3 Å². The van der Waals surface area contributed by atoms with Gasteiger partial charge in [-0.05, 0) is 38.6 Å². The zero-order chi connectivity index (χ0) is 12.6. The van der Waals surface area contributed by atoms with Crippen LogP contribution in [0, 0.1) is 0 Å². The topological polar surface area (TPSA) is 59.6 Å². The van der Waals surface area contributed by atoms with Crippen LogP contribution in [0.25, 0.3) is 0 Å². The molecule has 0 aromatic carbocycles. The lowest BCUT2D eigenvalue weighted by molar-refractivity contribution is -0.122. The highest BCUT2D eigenvalue weighted by atomic mass is 16.5. The van der Waals surface area contributed by atoms with Crippen molar-refractivity contribution >= 4 is 5.91 Å². The van der Waals surface area contributed by atoms with Gasteiger partial charge in [0.15, 0.2) is 0 Å². The van der Waals surface area contributed by atoms with Crippen LogP contribution in [0.15, 0.2) is 0 Å². The molecule has 0 aliphatic carbocycles. The van der Waals surface area contributed by atoms with Crippen LogP contribution in [0.2, 0.25) is 0 Å². The van der Waals surface area contributed by atoms with Crippen molar-refractivity contribution in [3.05, 3.63) is 0 Å². The van der Waals surface area contributed by atoms with E-state index in [1.54, 1.807) is 0 Å². The number of amides is 1. The van der Waals surface area contributed by atoms with Crippen LogP contribution in [0.3, 0.4) is 0 Å². The number of nitrogens with one attached hydrogen (secondary N) is 2. The van der Waals surface area contributed by atoms with Gasteiger partial charge < -0.3 is 20.1 Å². The second-order valence-corrected chi connectivity index (χ2v) is 5.00. The zero-order valence-electron chi connectivity index (χ0n) is 11.0. The fraction of sp³-hybridized carbons (Fsp3) is 0.923. The third kappa shape index (κ3) is 4.55. The van der Waals surface area contributed by atoms with Gasteiger partial charge >= 0.3 is 0 Å². The molecule has 2 aliphatic heterocycles. The Balaban J connectivity index is 1.42. The van der Waals surface area contributed by atoms with Crippen molar-refractivity contribution in [2.75, 3.05) is 32.9 Å². The second kappa shape index (κ2) is 7.71. The number of ether oxygens (including phenoxy) is 2. The number of carbonyl (C=O) groups is 1. The van der Waals surface area contributed by atoms with Crippen molar-refractivity contribution in [1.82, 2.24) is 10.6 Å². The molecule has 5 nitrogen and oxygen atoms in total. The van der Waals surface area contributed by atoms with Gasteiger partial charge in [-0.25, -0.2) is 0 Å². The molecule has 2 atom stereocenters. The summed E-state index contributed by atoms with van der Waals surface area (Å²) in [6.45, 7) is 3.92. The number of carbonyl (C=O) groups excluding carboxylic acids is 1. The summed E-state index contributed by atoms with van der Waals surface area (Å²) in [5.41, 5.74) is 0. The van der Waals surface area contributed by atoms with E-state index >= 15 is 0 Å². The Kier molecular flexibility index (Phi) is 5.90. The van der Waals surface area contributed by atoms with E-state index in [9.17, 15) is 4.79 Å². The number of hydrogen-bond acceptors (Lipinski definition) is 4. The summed E-state index contributed by atoms with van der Waals surface area (Å²) in [7, 11) is 0. The molecular weight excluding hydrogens is 232 g/mol. The first-order valence-electron chi connectivity index (χ1n) is 7.07. The van der Waals surface area contributed by atoms with Crippen molar-refractivity contribution in [3.63, 3.8) is 0 Å². The molecule has 0 aromatic rings. The molecule has 1 amide bonds. The first-order chi connectivity index (χ1) is 8.86. The van der Waals surface area contributed by atoms with E-state index in [1.807, 2.05) is 0 Å². The van der Waals surface area contributed by atoms with Gasteiger partial charge in [0, 0.05) is 19.8 Å². The van der Waals surface area contributed by atoms with Gasteiger partial charge in [-0.2, -0.15) is 0 Å². The minimum atomic E-state index is 0.0257. The van der Waals surface area contributed by atoms with E-state index in [4.69, 9.17) is 9.47 Å². The summed E-state index contributed by atoms with van der Waals surface area (Å²) in [6.07, 6.45) is 5.49. The highest BCUT2D eigenvalue weighted by molar-refractivity contribution is 5.81. The fourth-order valence-corrected chi connectivity index (χ4v) is 2.41. The Bertz CT molecular complexity index is 249. The highest BCUT2D eigenvalue weighted by Gasteiger charge is 2.21. The molecule has 18 heavy (non-hydrogen) atoms. The first kappa shape index (κ1) is 13.8. The molecule has 2 aliphatic rings. The molecule has 2 N–H and O–H groups in total. The van der Waals surface area contributed by atoms with E-state index in [-0.39, 0.29) is 11.9 Å². The summed E-state index contributed by atoms with van der Waals surface area (Å²) in [5, 5.41) is 6.13. The number of hydrogen-bond donors (Lipinski definition) is 2. The van der Waals surface area contributed by atoms with Crippen LogP contribution in [-0.4, -0.2) is 51.0 Å². The molecule has 2 fully saturated rings. The SMILES string of the molecule is O=C(NCCCOCC1CCCO1)C1CCCN1. The molecule has 2 heterocycles. The Morgan fingerprint density at radius 2 is 2.33 bits per heavy atom. The lowest BCUT2D eigenvalue weighted by Gasteiger charge is -2.12. The van der Waals surface area contributed by atoms with Crippen molar-refractivity contribution in [1.29, 1.82) is 0 Å². The van der Waals surface area contributed by atoms with Gasteiger partial charge in [0.25, 0.3) is 0 Å². The van der Waals surface area contributed by atoms with E-state index in [2.05, 4.69) is 10.6 Å². The predicted molar refractivity (Wildman–Crippen MR) is 68.4 cm³/mol. The van der Waals surface area contributed by atoms with Crippen molar-refractivity contribution in [2.45, 2.75) is 44.2 Å². The zero-order valence-corrected chi connectivity index (χ0v) is 11.0. The molecule has 2 unspecified atom stereocenters. The van der Waals surface area contributed by atoms with E-state index in [0.717, 1.165) is 45.3 Å². The molecule has 0 aromatic heterocycles. The van der Waals surface area contributed by atoms with Crippen LogP contribution in [0.5, 0.6) is 0 Å². The Hall–Kier alpha value is -0.650. The quantitative estimate of drug-likeness (QED) is 0.649. The molecule has 0 spiro atoms. The number of rotatable bonds is 7. The summed E-state index contributed by atoms with van der Waals surface area (Å²) in [6, 6.07) is 0.0257. The largest absolute Gasteiger partial charge is 0.379 e. The lowest BCUT2D eigenvalue weighted by atomic mass is 10.2. The third-order valence-corrected chi connectivity index (χ3v) is 3.47. The van der Waals surface area contributed by atoms with Gasteiger partial charge in [-0.3, -0.25) is 4.79 Å². The second-order valence-electron chi connectivity index (χ2n) is 5.00. The van der Waals surface area contributed by atoms with Gasteiger partial charge in [-0.1, -0.05) is 0 Å². The first-order valence-corrected chi connectivity index (χ1v) is 7.07. The molecule has 104 valence electrons. The normalized spacial score (nSPS) is 27.6. The predicted octanol–water partition coefficient (Wildman–Crippen LogP) is 0.440. The highest BCUT2D eigenvalue weighted by Crippen LogP contribution is 2.11. The van der Waals surface area contributed by atoms with E-state index < -0.39 is 0 Å². The summed E-state index contributed by atoms with van der Waals surface area (Å²) >= 11 is 0. The molecule has 0 saturated carbocycles. The van der Waals surface area contributed by atoms with Crippen LogP contribution in [0.1, 0.15) is 32.1 Å². The molecule has 0 bridgehead atoms. The molecule has 2 saturated heterocycles. The molecule has 5 heteroatoms. The van der Waals surface area contributed by atoms with Crippen LogP contribution in [0.4, 0.5) is 0 Å². The summed E-state index contributed by atoms with van der Waals surface area (Å²) in [4.78, 5) is 11.7. The van der Waals surface area contributed by atoms with Crippen LogP contribution >= 0.6 is 0 Å². The van der Waals surface area contributed by atoms with Gasteiger partial charge in [0.1, 0.15) is 0 Å². The monoisotopic (exact) mass is 256 g/mol. The summed E-state index contributed by atoms with van der Waals surface area (Å²) in [5.74, 6) is 0.131. The maximum absolute atomic E-state index is 11.7. The van der Waals surface area contributed by atoms with Gasteiger partial charge in [-0.15, -0.1) is 0 Å². The van der Waals surface area contributed by atoms with Gasteiger partial charge in [0.2, 0.25) is 5.91 Å². The fourth-order valence-electron chi connectivity index (χ4n) is 2.41. The smallest absolute Gasteiger partial charge is 0.237 e. The maximum atomic E-state index is 11.7. The minimum absolute atomic E-state index is 0.0257. The lowest BCUT2D eigenvalue weighted by Crippen LogP contribution is -2.40. The van der Waals surface area contributed by atoms with Gasteiger partial charge in [0.05, 0.1) is 18.8 Å². The maximum Gasteiger partial charge on any atom is 0.237 e. The average Bonchev–Trinajstić information content (AvgIpc) is 3.05. The van der Waals surface area contributed by atoms with Crippen molar-refractivity contribution in [3.8, 4) is 0 Å². The van der Waals surface area contributed by atoms with Crippen LogP contribution < -0.4 is 10.6 Å². The molecular formula is C13H24N2O3. The Labute approximate surface area is 109 Å². The van der Waals surface area contributed by atoms with E-state index in [0.29, 0.717) is 25.9 Å². The molecule has 0 radical (unpaired) electrons. The minimum Gasteiger partial charge on any atom is -0.379 e. The standard InChI is InChI=1S/C13H24N2O3/c16-13(12-5-1-6-14-12)15-7-3-8-17-10-11-4-2-9-18-11/h11-12,14H,1-10H2,(H,15,16).